The number of nitrogens with one attached hydrogen (secondary N) is 1. The SMILES string of the molecule is Fc1cc(OC(F)(F)F)ccc1C=NNc1ccccc1. The Bertz CT molecular complexity index is 627. The van der Waals surface area contributed by atoms with Crippen LogP contribution >= 0.6 is 0 Å². The molecule has 1 N–H and O–H groups in total. The molecule has 0 amide bonds. The van der Waals surface area contributed by atoms with Gasteiger partial charge in [0.05, 0.1) is 11.9 Å². The van der Waals surface area contributed by atoms with E-state index in [0.717, 1.165) is 12.1 Å². The van der Waals surface area contributed by atoms with Crippen molar-refractivity contribution >= 4 is 11.9 Å². The van der Waals surface area contributed by atoms with Gasteiger partial charge in [-0.25, -0.2) is 4.39 Å². The van der Waals surface area contributed by atoms with Gasteiger partial charge in [0, 0.05) is 11.6 Å². The smallest absolute Gasteiger partial charge is 0.406 e. The van der Waals surface area contributed by atoms with Crippen molar-refractivity contribution in [3.05, 3.63) is 59.9 Å². The Hall–Kier alpha value is -2.57. The first kappa shape index (κ1) is 14.8. The summed E-state index contributed by atoms with van der Waals surface area (Å²) in [6, 6.07) is 11.7. The van der Waals surface area contributed by atoms with E-state index in [4.69, 9.17) is 0 Å². The molecule has 2 aromatic rings. The highest BCUT2D eigenvalue weighted by Gasteiger charge is 2.31. The van der Waals surface area contributed by atoms with E-state index in [2.05, 4.69) is 15.3 Å². The van der Waals surface area contributed by atoms with E-state index in [-0.39, 0.29) is 5.56 Å². The number of para-hydroxylation sites is 1. The molecule has 110 valence electrons. The fourth-order valence-corrected chi connectivity index (χ4v) is 1.50. The van der Waals surface area contributed by atoms with Gasteiger partial charge in [-0.3, -0.25) is 5.43 Å². The Kier molecular flexibility index (Phi) is 4.42. The third kappa shape index (κ3) is 4.79. The summed E-state index contributed by atoms with van der Waals surface area (Å²) in [5.74, 6) is -1.48. The van der Waals surface area contributed by atoms with E-state index in [1.807, 2.05) is 6.07 Å². The van der Waals surface area contributed by atoms with Gasteiger partial charge in [-0.1, -0.05) is 18.2 Å². The zero-order valence-corrected chi connectivity index (χ0v) is 10.6. The van der Waals surface area contributed by atoms with E-state index < -0.39 is 17.9 Å². The summed E-state index contributed by atoms with van der Waals surface area (Å²) in [6.45, 7) is 0. The monoisotopic (exact) mass is 298 g/mol. The van der Waals surface area contributed by atoms with Crippen molar-refractivity contribution in [2.45, 2.75) is 6.36 Å². The number of halogens is 4. The van der Waals surface area contributed by atoms with Crippen molar-refractivity contribution in [1.82, 2.24) is 0 Å². The number of hydrazone groups is 1. The Morgan fingerprint density at radius 1 is 1.05 bits per heavy atom. The number of anilines is 1. The molecule has 3 nitrogen and oxygen atoms in total. The van der Waals surface area contributed by atoms with Crippen LogP contribution in [0.2, 0.25) is 0 Å². The van der Waals surface area contributed by atoms with E-state index >= 15 is 0 Å². The van der Waals surface area contributed by atoms with Gasteiger partial charge in [0.15, 0.2) is 0 Å². The van der Waals surface area contributed by atoms with Gasteiger partial charge in [-0.2, -0.15) is 5.10 Å². The summed E-state index contributed by atoms with van der Waals surface area (Å²) >= 11 is 0. The maximum atomic E-state index is 13.6. The van der Waals surface area contributed by atoms with Gasteiger partial charge in [0.1, 0.15) is 11.6 Å². The molecule has 2 aromatic carbocycles. The first-order chi connectivity index (χ1) is 9.94. The summed E-state index contributed by atoms with van der Waals surface area (Å²) < 4.78 is 53.1. The molecule has 0 aliphatic heterocycles. The van der Waals surface area contributed by atoms with E-state index in [1.54, 1.807) is 24.3 Å². The Labute approximate surface area is 117 Å². The van der Waals surface area contributed by atoms with Crippen molar-refractivity contribution in [2.75, 3.05) is 5.43 Å². The predicted octanol–water partition coefficient (Wildman–Crippen LogP) is 4.17. The molecule has 0 radical (unpaired) electrons. The van der Waals surface area contributed by atoms with Crippen molar-refractivity contribution in [3.8, 4) is 5.75 Å². The van der Waals surface area contributed by atoms with Crippen LogP contribution in [0.3, 0.4) is 0 Å². The Morgan fingerprint density at radius 2 is 1.76 bits per heavy atom. The summed E-state index contributed by atoms with van der Waals surface area (Å²) in [6.07, 6.45) is -3.68. The first-order valence-corrected chi connectivity index (χ1v) is 5.83. The van der Waals surface area contributed by atoms with Crippen LogP contribution in [-0.2, 0) is 0 Å². The molecule has 0 aliphatic rings. The minimum Gasteiger partial charge on any atom is -0.406 e. The Balaban J connectivity index is 2.04. The molecule has 0 aliphatic carbocycles. The first-order valence-electron chi connectivity index (χ1n) is 5.83. The second kappa shape index (κ2) is 6.25. The van der Waals surface area contributed by atoms with Gasteiger partial charge in [0.25, 0.3) is 0 Å². The lowest BCUT2D eigenvalue weighted by Gasteiger charge is -2.09. The van der Waals surface area contributed by atoms with E-state index in [1.165, 1.54) is 6.21 Å². The standard InChI is InChI=1S/C14H10F4N2O/c15-13-8-12(21-14(16,17)18)7-6-10(13)9-19-20-11-4-2-1-3-5-11/h1-9,20H. The fraction of sp³-hybridized carbons (Fsp3) is 0.0714. The molecular formula is C14H10F4N2O. The van der Waals surface area contributed by atoms with E-state index in [9.17, 15) is 17.6 Å². The van der Waals surface area contributed by atoms with Crippen molar-refractivity contribution in [2.24, 2.45) is 5.10 Å². The average Bonchev–Trinajstić information content (AvgIpc) is 2.41. The normalized spacial score (nSPS) is 11.6. The number of hydrogen-bond acceptors (Lipinski definition) is 3. The maximum Gasteiger partial charge on any atom is 0.573 e. The van der Waals surface area contributed by atoms with Crippen LogP contribution < -0.4 is 10.2 Å². The number of benzene rings is 2. The molecule has 0 aromatic heterocycles. The van der Waals surface area contributed by atoms with Gasteiger partial charge in [-0.05, 0) is 24.3 Å². The molecule has 2 rings (SSSR count). The van der Waals surface area contributed by atoms with Crippen LogP contribution in [0.15, 0.2) is 53.6 Å². The van der Waals surface area contributed by atoms with Crippen molar-refractivity contribution in [1.29, 1.82) is 0 Å². The molecule has 0 atom stereocenters. The van der Waals surface area contributed by atoms with Crippen molar-refractivity contribution in [3.63, 3.8) is 0 Å². The lowest BCUT2D eigenvalue weighted by molar-refractivity contribution is -0.274. The molecule has 0 bridgehead atoms. The quantitative estimate of drug-likeness (QED) is 0.522. The van der Waals surface area contributed by atoms with Crippen LogP contribution in [0.25, 0.3) is 0 Å². The number of alkyl halides is 3. The minimum absolute atomic E-state index is 0.0351. The van der Waals surface area contributed by atoms with E-state index in [0.29, 0.717) is 11.8 Å². The second-order valence-corrected chi connectivity index (χ2v) is 3.97. The maximum absolute atomic E-state index is 13.6. The number of hydrogen-bond donors (Lipinski definition) is 1. The molecule has 0 heterocycles. The highest BCUT2D eigenvalue weighted by atomic mass is 19.4. The predicted molar refractivity (Wildman–Crippen MR) is 70.7 cm³/mol. The minimum atomic E-state index is -4.85. The highest BCUT2D eigenvalue weighted by molar-refractivity contribution is 5.80. The lowest BCUT2D eigenvalue weighted by Crippen LogP contribution is -2.17. The van der Waals surface area contributed by atoms with Crippen LogP contribution in [0.1, 0.15) is 5.56 Å². The topological polar surface area (TPSA) is 33.6 Å². The number of ether oxygens (including phenoxy) is 1. The lowest BCUT2D eigenvalue weighted by atomic mass is 10.2. The van der Waals surface area contributed by atoms with Gasteiger partial charge in [0.2, 0.25) is 0 Å². The van der Waals surface area contributed by atoms with Crippen LogP contribution in [-0.4, -0.2) is 12.6 Å². The molecule has 0 spiro atoms. The average molecular weight is 298 g/mol. The summed E-state index contributed by atoms with van der Waals surface area (Å²) in [7, 11) is 0. The largest absolute Gasteiger partial charge is 0.573 e. The van der Waals surface area contributed by atoms with Gasteiger partial charge < -0.3 is 4.74 Å². The molecule has 0 fully saturated rings. The summed E-state index contributed by atoms with van der Waals surface area (Å²) in [5, 5.41) is 3.80. The molecular weight excluding hydrogens is 288 g/mol. The van der Waals surface area contributed by atoms with Gasteiger partial charge >= 0.3 is 6.36 Å². The molecule has 0 saturated carbocycles. The third-order valence-corrected chi connectivity index (χ3v) is 2.38. The molecule has 0 unspecified atom stereocenters. The molecule has 7 heteroatoms. The Morgan fingerprint density at radius 3 is 2.38 bits per heavy atom. The van der Waals surface area contributed by atoms with Gasteiger partial charge in [-0.15, -0.1) is 13.2 Å². The number of nitrogens with zero attached hydrogens (tertiary/aromatic N) is 1. The molecule has 0 saturated heterocycles. The van der Waals surface area contributed by atoms with Crippen LogP contribution in [0.5, 0.6) is 5.75 Å². The highest BCUT2D eigenvalue weighted by Crippen LogP contribution is 2.24. The third-order valence-electron chi connectivity index (χ3n) is 2.38. The number of rotatable bonds is 4. The zero-order valence-electron chi connectivity index (χ0n) is 10.6. The van der Waals surface area contributed by atoms with Crippen molar-refractivity contribution < 1.29 is 22.3 Å². The zero-order chi connectivity index (χ0) is 15.3. The molecule has 21 heavy (non-hydrogen) atoms. The fourth-order valence-electron chi connectivity index (χ4n) is 1.50. The van der Waals surface area contributed by atoms with Crippen LogP contribution in [0, 0.1) is 5.82 Å². The second-order valence-electron chi connectivity index (χ2n) is 3.97. The summed E-state index contributed by atoms with van der Waals surface area (Å²) in [5.41, 5.74) is 3.40. The van der Waals surface area contributed by atoms with Crippen LogP contribution in [0.4, 0.5) is 23.2 Å². The summed E-state index contributed by atoms with van der Waals surface area (Å²) in [4.78, 5) is 0.